The van der Waals surface area contributed by atoms with Gasteiger partial charge in [0.1, 0.15) is 5.52 Å². The van der Waals surface area contributed by atoms with Crippen LogP contribution in [0.1, 0.15) is 27.2 Å². The zero-order chi connectivity index (χ0) is 22.8. The quantitative estimate of drug-likeness (QED) is 0.446. The standard InChI is InChI=1S/C20H25N3O7S/c1-4-9-29-20(26)30-16-11-21-18-17(16)14-10-13(5-6-15(14)22-19(18)25)31(27,28)23(7-8-24)12(2)3/h5-6,10-12,21,24H,4,7-9H2,1-3H3,(H,22,25). The maximum absolute atomic E-state index is 13.2. The van der Waals surface area contributed by atoms with Crippen LogP contribution >= 0.6 is 0 Å². The van der Waals surface area contributed by atoms with E-state index in [4.69, 9.17) is 9.47 Å². The molecule has 2 heterocycles. The molecule has 0 unspecified atom stereocenters. The molecule has 0 aliphatic heterocycles. The fourth-order valence-corrected chi connectivity index (χ4v) is 4.97. The Labute approximate surface area is 178 Å². The fraction of sp³-hybridized carbons (Fsp3) is 0.400. The van der Waals surface area contributed by atoms with Crippen LogP contribution in [0.2, 0.25) is 0 Å². The number of hydrogen-bond acceptors (Lipinski definition) is 7. The second kappa shape index (κ2) is 9.08. The van der Waals surface area contributed by atoms with Crippen molar-refractivity contribution in [1.82, 2.24) is 14.3 Å². The minimum atomic E-state index is -3.93. The van der Waals surface area contributed by atoms with Crippen LogP contribution in [0.25, 0.3) is 21.8 Å². The zero-order valence-electron chi connectivity index (χ0n) is 17.5. The Morgan fingerprint density at radius 1 is 1.29 bits per heavy atom. The van der Waals surface area contributed by atoms with Gasteiger partial charge in [-0.3, -0.25) is 4.79 Å². The number of pyridine rings is 1. The van der Waals surface area contributed by atoms with Gasteiger partial charge in [-0.2, -0.15) is 4.31 Å². The lowest BCUT2D eigenvalue weighted by Gasteiger charge is -2.25. The van der Waals surface area contributed by atoms with Crippen LogP contribution in [-0.4, -0.2) is 59.8 Å². The monoisotopic (exact) mass is 451 g/mol. The van der Waals surface area contributed by atoms with E-state index in [1.165, 1.54) is 28.7 Å². The summed E-state index contributed by atoms with van der Waals surface area (Å²) in [4.78, 5) is 29.8. The Kier molecular flexibility index (Phi) is 6.68. The highest BCUT2D eigenvalue weighted by Gasteiger charge is 2.27. The van der Waals surface area contributed by atoms with Gasteiger partial charge < -0.3 is 24.5 Å². The van der Waals surface area contributed by atoms with Gasteiger partial charge in [-0.1, -0.05) is 6.92 Å². The molecule has 0 amide bonds. The Morgan fingerprint density at radius 2 is 2.03 bits per heavy atom. The van der Waals surface area contributed by atoms with Crippen LogP contribution in [-0.2, 0) is 14.8 Å². The fourth-order valence-electron chi connectivity index (χ4n) is 3.31. The van der Waals surface area contributed by atoms with Crippen molar-refractivity contribution in [1.29, 1.82) is 0 Å². The average molecular weight is 452 g/mol. The number of benzene rings is 1. The molecule has 0 saturated heterocycles. The molecule has 3 N–H and O–H groups in total. The van der Waals surface area contributed by atoms with Crippen LogP contribution < -0.4 is 10.3 Å². The molecular weight excluding hydrogens is 426 g/mol. The van der Waals surface area contributed by atoms with Crippen LogP contribution in [0.5, 0.6) is 5.75 Å². The Morgan fingerprint density at radius 3 is 2.68 bits per heavy atom. The number of aromatic amines is 2. The van der Waals surface area contributed by atoms with Crippen molar-refractivity contribution < 1.29 is 27.8 Å². The number of fused-ring (bicyclic) bond motifs is 3. The highest BCUT2D eigenvalue weighted by atomic mass is 32.2. The molecule has 31 heavy (non-hydrogen) atoms. The van der Waals surface area contributed by atoms with E-state index < -0.39 is 21.7 Å². The second-order valence-corrected chi connectivity index (χ2v) is 9.09. The lowest BCUT2D eigenvalue weighted by molar-refractivity contribution is 0.0997. The molecule has 0 spiro atoms. The van der Waals surface area contributed by atoms with E-state index in [0.29, 0.717) is 17.3 Å². The number of rotatable bonds is 8. The molecule has 0 aliphatic rings. The van der Waals surface area contributed by atoms with Gasteiger partial charge in [-0.15, -0.1) is 0 Å². The number of nitrogens with zero attached hydrogens (tertiary/aromatic N) is 1. The Bertz CT molecular complexity index is 1260. The van der Waals surface area contributed by atoms with E-state index in [2.05, 4.69) is 9.97 Å². The van der Waals surface area contributed by atoms with Crippen LogP contribution in [0.3, 0.4) is 0 Å². The maximum atomic E-state index is 13.2. The van der Waals surface area contributed by atoms with Gasteiger partial charge in [0.25, 0.3) is 5.56 Å². The van der Waals surface area contributed by atoms with Crippen molar-refractivity contribution in [2.45, 2.75) is 38.1 Å². The van der Waals surface area contributed by atoms with Crippen LogP contribution in [0.4, 0.5) is 4.79 Å². The van der Waals surface area contributed by atoms with E-state index in [1.807, 2.05) is 6.92 Å². The van der Waals surface area contributed by atoms with Gasteiger partial charge in [0.2, 0.25) is 10.0 Å². The minimum Gasteiger partial charge on any atom is -0.434 e. The summed E-state index contributed by atoms with van der Waals surface area (Å²) < 4.78 is 37.7. The SMILES string of the molecule is CCCOC(=O)Oc1c[nH]c2c(=O)[nH]c3ccc(S(=O)(=O)N(CCO)C(C)C)cc3c12. The molecule has 3 rings (SSSR count). The van der Waals surface area contributed by atoms with Crippen molar-refractivity contribution in [2.75, 3.05) is 19.8 Å². The van der Waals surface area contributed by atoms with Gasteiger partial charge in [0.15, 0.2) is 5.75 Å². The van der Waals surface area contributed by atoms with Crippen molar-refractivity contribution in [3.8, 4) is 5.75 Å². The molecule has 11 heteroatoms. The Balaban J connectivity index is 2.18. The van der Waals surface area contributed by atoms with E-state index >= 15 is 0 Å². The third-order valence-electron chi connectivity index (χ3n) is 4.70. The van der Waals surface area contributed by atoms with Gasteiger partial charge in [-0.05, 0) is 38.5 Å². The van der Waals surface area contributed by atoms with Crippen molar-refractivity contribution in [3.05, 3.63) is 34.7 Å². The second-order valence-electron chi connectivity index (χ2n) is 7.20. The zero-order valence-corrected chi connectivity index (χ0v) is 18.3. The molecule has 1 aromatic carbocycles. The minimum absolute atomic E-state index is 0.0174. The van der Waals surface area contributed by atoms with Crippen molar-refractivity contribution in [3.63, 3.8) is 0 Å². The molecule has 0 radical (unpaired) electrons. The molecule has 0 aliphatic carbocycles. The summed E-state index contributed by atoms with van der Waals surface area (Å²) in [5.41, 5.74) is 0.0662. The first kappa shape index (κ1) is 22.8. The lowest BCUT2D eigenvalue weighted by atomic mass is 10.1. The summed E-state index contributed by atoms with van der Waals surface area (Å²) >= 11 is 0. The first-order valence-corrected chi connectivity index (χ1v) is 11.3. The van der Waals surface area contributed by atoms with Gasteiger partial charge in [0, 0.05) is 29.7 Å². The maximum Gasteiger partial charge on any atom is 0.513 e. The number of aliphatic hydroxyl groups excluding tert-OH is 1. The number of carbonyl (C=O) groups is 1. The molecule has 0 bridgehead atoms. The first-order valence-electron chi connectivity index (χ1n) is 9.85. The highest BCUT2D eigenvalue weighted by molar-refractivity contribution is 7.89. The number of H-pyrrole nitrogens is 2. The largest absolute Gasteiger partial charge is 0.513 e. The molecule has 10 nitrogen and oxygen atoms in total. The topological polar surface area (TPSA) is 142 Å². The van der Waals surface area contributed by atoms with Gasteiger partial charge >= 0.3 is 6.16 Å². The number of aromatic nitrogens is 2. The summed E-state index contributed by atoms with van der Waals surface area (Å²) in [7, 11) is -3.93. The molecule has 168 valence electrons. The number of nitrogens with one attached hydrogen (secondary N) is 2. The average Bonchev–Trinajstić information content (AvgIpc) is 3.14. The third kappa shape index (κ3) is 4.43. The molecule has 2 aromatic heterocycles. The summed E-state index contributed by atoms with van der Waals surface area (Å²) in [5.74, 6) is 0.0535. The number of hydrogen-bond donors (Lipinski definition) is 3. The summed E-state index contributed by atoms with van der Waals surface area (Å²) in [6.45, 7) is 5.07. The molecule has 0 saturated carbocycles. The summed E-state index contributed by atoms with van der Waals surface area (Å²) in [5, 5.41) is 9.93. The van der Waals surface area contributed by atoms with Crippen molar-refractivity contribution >= 4 is 38.0 Å². The summed E-state index contributed by atoms with van der Waals surface area (Å²) in [6.07, 6.45) is 1.04. The van der Waals surface area contributed by atoms with E-state index in [-0.39, 0.29) is 47.3 Å². The predicted octanol–water partition coefficient (Wildman–Crippen LogP) is 2.33. The number of ether oxygens (including phenoxy) is 2. The number of sulfonamides is 1. The Hall–Kier alpha value is -2.89. The number of aliphatic hydroxyl groups is 1. The third-order valence-corrected chi connectivity index (χ3v) is 6.77. The van der Waals surface area contributed by atoms with Crippen LogP contribution in [0, 0.1) is 0 Å². The van der Waals surface area contributed by atoms with Crippen molar-refractivity contribution in [2.24, 2.45) is 0 Å². The molecule has 3 aromatic rings. The summed E-state index contributed by atoms with van der Waals surface area (Å²) in [6, 6.07) is 3.90. The molecular formula is C20H25N3O7S. The van der Waals surface area contributed by atoms with E-state index in [1.54, 1.807) is 13.8 Å². The smallest absolute Gasteiger partial charge is 0.434 e. The highest BCUT2D eigenvalue weighted by Crippen LogP contribution is 2.32. The normalized spacial score (nSPS) is 12.2. The van der Waals surface area contributed by atoms with E-state index in [9.17, 15) is 23.1 Å². The van der Waals surface area contributed by atoms with Gasteiger partial charge in [0.05, 0.1) is 23.5 Å². The van der Waals surface area contributed by atoms with Gasteiger partial charge in [-0.25, -0.2) is 13.2 Å². The molecule has 0 fully saturated rings. The molecule has 0 atom stereocenters. The predicted molar refractivity (Wildman–Crippen MR) is 115 cm³/mol. The number of carbonyl (C=O) groups excluding carboxylic acids is 1. The lowest BCUT2D eigenvalue weighted by Crippen LogP contribution is -2.38. The van der Waals surface area contributed by atoms with E-state index in [0.717, 1.165) is 0 Å². The first-order chi connectivity index (χ1) is 14.7. The van der Waals surface area contributed by atoms with Crippen LogP contribution in [0.15, 0.2) is 34.1 Å².